The van der Waals surface area contributed by atoms with Crippen LogP contribution in [0.2, 0.25) is 0 Å². The van der Waals surface area contributed by atoms with Gasteiger partial charge in [0.15, 0.2) is 5.82 Å². The van der Waals surface area contributed by atoms with Crippen LogP contribution < -0.4 is 5.32 Å². The molecule has 1 aliphatic rings. The van der Waals surface area contributed by atoms with Crippen molar-refractivity contribution in [2.75, 3.05) is 11.9 Å². The number of nitrogens with one attached hydrogen (secondary N) is 1. The molecule has 2 heterocycles. The van der Waals surface area contributed by atoms with Crippen LogP contribution in [0.25, 0.3) is 0 Å². The maximum absolute atomic E-state index is 12.0. The lowest BCUT2D eigenvalue weighted by Gasteiger charge is -2.10. The van der Waals surface area contributed by atoms with Gasteiger partial charge in [-0.1, -0.05) is 31.1 Å². The Labute approximate surface area is 135 Å². The average Bonchev–Trinajstić information content (AvgIpc) is 3.20. The number of ether oxygens (including phenoxy) is 1. The van der Waals surface area contributed by atoms with E-state index in [1.165, 1.54) is 0 Å². The molecule has 23 heavy (non-hydrogen) atoms. The van der Waals surface area contributed by atoms with Gasteiger partial charge < -0.3 is 14.6 Å². The summed E-state index contributed by atoms with van der Waals surface area (Å²) in [6.07, 6.45) is 2.00. The van der Waals surface area contributed by atoms with Crippen LogP contribution in [0.1, 0.15) is 49.9 Å². The number of amides is 1. The summed E-state index contributed by atoms with van der Waals surface area (Å²) in [6, 6.07) is 7.65. The van der Waals surface area contributed by atoms with Crippen molar-refractivity contribution < 1.29 is 14.1 Å². The number of carbonyl (C=O) groups is 1. The molecule has 3 rings (SSSR count). The van der Waals surface area contributed by atoms with Crippen LogP contribution in [0.3, 0.4) is 0 Å². The molecular weight excluding hydrogens is 294 g/mol. The van der Waals surface area contributed by atoms with Crippen molar-refractivity contribution in [3.8, 4) is 0 Å². The third kappa shape index (κ3) is 3.96. The maximum atomic E-state index is 12.0. The van der Waals surface area contributed by atoms with E-state index in [0.29, 0.717) is 18.9 Å². The molecule has 0 saturated carbocycles. The first-order chi connectivity index (χ1) is 11.1. The summed E-state index contributed by atoms with van der Waals surface area (Å²) in [4.78, 5) is 16.4. The van der Waals surface area contributed by atoms with Crippen molar-refractivity contribution in [2.45, 2.75) is 45.1 Å². The van der Waals surface area contributed by atoms with Crippen molar-refractivity contribution in [1.29, 1.82) is 0 Å². The first-order valence-corrected chi connectivity index (χ1v) is 7.95. The van der Waals surface area contributed by atoms with E-state index in [1.807, 2.05) is 38.1 Å². The Morgan fingerprint density at radius 1 is 1.35 bits per heavy atom. The Balaban J connectivity index is 1.58. The summed E-state index contributed by atoms with van der Waals surface area (Å²) in [6.45, 7) is 4.72. The molecular formula is C17H21N3O3. The van der Waals surface area contributed by atoms with Gasteiger partial charge >= 0.3 is 0 Å². The van der Waals surface area contributed by atoms with Crippen LogP contribution >= 0.6 is 0 Å². The van der Waals surface area contributed by atoms with Gasteiger partial charge in [-0.15, -0.1) is 0 Å². The molecule has 1 N–H and O–H groups in total. The second kappa shape index (κ2) is 6.91. The number of hydrogen-bond donors (Lipinski definition) is 1. The molecule has 6 nitrogen and oxygen atoms in total. The zero-order chi connectivity index (χ0) is 16.2. The van der Waals surface area contributed by atoms with Gasteiger partial charge in [-0.05, 0) is 30.5 Å². The van der Waals surface area contributed by atoms with Crippen molar-refractivity contribution in [3.05, 3.63) is 41.5 Å². The summed E-state index contributed by atoms with van der Waals surface area (Å²) in [5.41, 5.74) is 1.82. The molecule has 0 aliphatic carbocycles. The van der Waals surface area contributed by atoms with Crippen LogP contribution in [0.4, 0.5) is 5.69 Å². The second-order valence-corrected chi connectivity index (χ2v) is 6.07. The molecule has 0 spiro atoms. The molecule has 1 aromatic carbocycles. The highest BCUT2D eigenvalue weighted by atomic mass is 16.5. The lowest BCUT2D eigenvalue weighted by molar-refractivity contribution is -0.124. The van der Waals surface area contributed by atoms with Crippen LogP contribution in [0.15, 0.2) is 28.8 Å². The van der Waals surface area contributed by atoms with Crippen LogP contribution in [-0.4, -0.2) is 28.8 Å². The van der Waals surface area contributed by atoms with E-state index >= 15 is 0 Å². The fourth-order valence-corrected chi connectivity index (χ4v) is 2.46. The summed E-state index contributed by atoms with van der Waals surface area (Å²) in [7, 11) is 0. The number of nitrogens with zero attached hydrogens (tertiary/aromatic N) is 2. The van der Waals surface area contributed by atoms with Gasteiger partial charge in [-0.25, -0.2) is 0 Å². The predicted octanol–water partition coefficient (Wildman–Crippen LogP) is 2.90. The molecule has 0 radical (unpaired) electrons. The topological polar surface area (TPSA) is 77.2 Å². The minimum absolute atomic E-state index is 0.0753. The van der Waals surface area contributed by atoms with E-state index < -0.39 is 0 Å². The van der Waals surface area contributed by atoms with Crippen molar-refractivity contribution in [3.63, 3.8) is 0 Å². The Hall–Kier alpha value is -2.21. The summed E-state index contributed by atoms with van der Waals surface area (Å²) < 4.78 is 10.6. The number of benzene rings is 1. The number of hydrogen-bond acceptors (Lipinski definition) is 5. The average molecular weight is 315 g/mol. The fourth-order valence-electron chi connectivity index (χ4n) is 2.46. The van der Waals surface area contributed by atoms with Crippen molar-refractivity contribution in [2.24, 2.45) is 0 Å². The molecule has 2 aromatic rings. The third-order valence-electron chi connectivity index (χ3n) is 3.80. The van der Waals surface area contributed by atoms with Gasteiger partial charge in [0.25, 0.3) is 5.91 Å². The molecule has 0 bridgehead atoms. The lowest BCUT2D eigenvalue weighted by atomic mass is 10.1. The van der Waals surface area contributed by atoms with Gasteiger partial charge in [-0.2, -0.15) is 4.98 Å². The molecule has 1 aliphatic heterocycles. The highest BCUT2D eigenvalue weighted by Crippen LogP contribution is 2.17. The van der Waals surface area contributed by atoms with E-state index in [9.17, 15) is 4.79 Å². The van der Waals surface area contributed by atoms with Crippen molar-refractivity contribution >= 4 is 11.6 Å². The number of aromatic nitrogens is 2. The van der Waals surface area contributed by atoms with E-state index in [2.05, 4.69) is 15.5 Å². The van der Waals surface area contributed by atoms with Crippen molar-refractivity contribution in [1.82, 2.24) is 10.1 Å². The highest BCUT2D eigenvalue weighted by Gasteiger charge is 2.23. The van der Waals surface area contributed by atoms with Crippen LogP contribution in [0.5, 0.6) is 0 Å². The molecule has 1 atom stereocenters. The predicted molar refractivity (Wildman–Crippen MR) is 85.2 cm³/mol. The summed E-state index contributed by atoms with van der Waals surface area (Å²) >= 11 is 0. The largest absolute Gasteiger partial charge is 0.368 e. The lowest BCUT2D eigenvalue weighted by Crippen LogP contribution is -2.26. The Morgan fingerprint density at radius 2 is 2.13 bits per heavy atom. The standard InChI is InChI=1S/C17H21N3O3/c1-11(2)16-19-15(23-20-16)10-12-5-7-13(8-6-12)18-17(21)14-4-3-9-22-14/h5-8,11,14H,3-4,9-10H2,1-2H3,(H,18,21)/t14-/m0/s1. The first-order valence-electron chi connectivity index (χ1n) is 7.95. The van der Waals surface area contributed by atoms with E-state index in [0.717, 1.165) is 29.9 Å². The Kier molecular flexibility index (Phi) is 4.71. The minimum Gasteiger partial charge on any atom is -0.368 e. The van der Waals surface area contributed by atoms with E-state index in [4.69, 9.17) is 9.26 Å². The molecule has 122 valence electrons. The molecule has 1 amide bonds. The second-order valence-electron chi connectivity index (χ2n) is 6.07. The maximum Gasteiger partial charge on any atom is 0.253 e. The molecule has 1 fully saturated rings. The van der Waals surface area contributed by atoms with Gasteiger partial charge in [0.05, 0.1) is 6.42 Å². The molecule has 0 unspecified atom stereocenters. The van der Waals surface area contributed by atoms with Crippen LogP contribution in [-0.2, 0) is 16.0 Å². The summed E-state index contributed by atoms with van der Waals surface area (Å²) in [5.74, 6) is 1.50. The first kappa shape index (κ1) is 15.7. The monoisotopic (exact) mass is 315 g/mol. The Morgan fingerprint density at radius 3 is 2.74 bits per heavy atom. The molecule has 1 saturated heterocycles. The van der Waals surface area contributed by atoms with E-state index in [-0.39, 0.29) is 17.9 Å². The summed E-state index contributed by atoms with van der Waals surface area (Å²) in [5, 5.41) is 6.83. The third-order valence-corrected chi connectivity index (χ3v) is 3.80. The minimum atomic E-state index is -0.317. The number of carbonyl (C=O) groups excluding carboxylic acids is 1. The van der Waals surface area contributed by atoms with Crippen LogP contribution in [0, 0.1) is 0 Å². The van der Waals surface area contributed by atoms with Gasteiger partial charge in [-0.3, -0.25) is 4.79 Å². The van der Waals surface area contributed by atoms with Gasteiger partial charge in [0, 0.05) is 18.2 Å². The Bertz CT molecular complexity index is 658. The quantitative estimate of drug-likeness (QED) is 0.918. The van der Waals surface area contributed by atoms with E-state index in [1.54, 1.807) is 0 Å². The van der Waals surface area contributed by atoms with Gasteiger partial charge in [0.2, 0.25) is 5.89 Å². The molecule has 6 heteroatoms. The zero-order valence-corrected chi connectivity index (χ0v) is 13.4. The fraction of sp³-hybridized carbons (Fsp3) is 0.471. The highest BCUT2D eigenvalue weighted by molar-refractivity contribution is 5.94. The zero-order valence-electron chi connectivity index (χ0n) is 13.4. The number of anilines is 1. The SMILES string of the molecule is CC(C)c1noc(Cc2ccc(NC(=O)[C@@H]3CCCO3)cc2)n1. The smallest absolute Gasteiger partial charge is 0.253 e. The number of rotatable bonds is 5. The normalized spacial score (nSPS) is 17.6. The van der Waals surface area contributed by atoms with Gasteiger partial charge in [0.1, 0.15) is 6.10 Å². The molecule has 1 aromatic heterocycles.